The summed E-state index contributed by atoms with van der Waals surface area (Å²) in [5.74, 6) is -1.79. The summed E-state index contributed by atoms with van der Waals surface area (Å²) >= 11 is 0. The molecule has 4 rings (SSSR count). The number of pyridine rings is 1. The lowest BCUT2D eigenvalue weighted by Gasteiger charge is -2.25. The Kier molecular flexibility index (Phi) is 11.2. The Morgan fingerprint density at radius 1 is 1.10 bits per heavy atom. The van der Waals surface area contributed by atoms with E-state index in [1.807, 2.05) is 13.8 Å². The van der Waals surface area contributed by atoms with Crippen LogP contribution in [-0.4, -0.2) is 77.1 Å². The smallest absolute Gasteiger partial charge is 0.421 e. The number of esters is 1. The lowest BCUT2D eigenvalue weighted by Crippen LogP contribution is -2.41. The fourth-order valence-corrected chi connectivity index (χ4v) is 4.62. The SMILES string of the molecule is CN1CCC(N)CC1.COC(=O)c1ccc(Nc2ncc(C(F)(F)F)c(N[C@@H]3CCC[C@@H]3C(=O)NC(C)C)n2)cn1. The number of hydrogen-bond donors (Lipinski definition) is 4. The van der Waals surface area contributed by atoms with Crippen LogP contribution in [0.25, 0.3) is 0 Å². The molecule has 0 bridgehead atoms. The molecule has 2 aliphatic rings. The maximum absolute atomic E-state index is 13.6. The fraction of sp³-hybridized carbons (Fsp3) is 0.593. The summed E-state index contributed by atoms with van der Waals surface area (Å²) in [6, 6.07) is 2.81. The van der Waals surface area contributed by atoms with Crippen molar-refractivity contribution < 1.29 is 27.5 Å². The van der Waals surface area contributed by atoms with Gasteiger partial charge in [0.15, 0.2) is 0 Å². The number of nitrogens with one attached hydrogen (secondary N) is 3. The number of piperidine rings is 1. The highest BCUT2D eigenvalue weighted by Gasteiger charge is 2.39. The van der Waals surface area contributed by atoms with Gasteiger partial charge in [0, 0.05) is 24.3 Å². The zero-order chi connectivity index (χ0) is 30.2. The van der Waals surface area contributed by atoms with E-state index in [1.165, 1.54) is 51.4 Å². The van der Waals surface area contributed by atoms with Crippen molar-refractivity contribution in [2.75, 3.05) is 37.9 Å². The standard InChI is InChI=1S/C21H25F3N6O3.C6H14N2/c1-11(2)27-18(31)13-5-4-6-15(13)29-17-14(21(22,23)24)10-26-20(30-17)28-12-7-8-16(25-9-12)19(32)33-3;1-8-4-2-6(7)3-5-8/h7-11,13,15H,4-6H2,1-3H3,(H,27,31)(H2,26,28,29,30);6H,2-5,7H2,1H3/t13-,15+;/m0./s1. The van der Waals surface area contributed by atoms with Crippen molar-refractivity contribution >= 4 is 29.3 Å². The summed E-state index contributed by atoms with van der Waals surface area (Å²) in [6.07, 6.45) is 1.50. The average Bonchev–Trinajstić information content (AvgIpc) is 3.38. The number of carbonyl (C=O) groups is 2. The van der Waals surface area contributed by atoms with Crippen molar-refractivity contribution in [1.29, 1.82) is 0 Å². The molecule has 226 valence electrons. The van der Waals surface area contributed by atoms with Crippen molar-refractivity contribution in [3.63, 3.8) is 0 Å². The minimum absolute atomic E-state index is 0.0708. The van der Waals surface area contributed by atoms with Crippen LogP contribution in [-0.2, 0) is 15.7 Å². The van der Waals surface area contributed by atoms with Crippen LogP contribution in [0.3, 0.4) is 0 Å². The number of amides is 1. The van der Waals surface area contributed by atoms with Crippen LogP contribution in [0, 0.1) is 5.92 Å². The van der Waals surface area contributed by atoms with Gasteiger partial charge in [-0.1, -0.05) is 6.42 Å². The Morgan fingerprint density at radius 2 is 1.80 bits per heavy atom. The number of anilines is 3. The molecule has 0 spiro atoms. The second kappa shape index (κ2) is 14.4. The third-order valence-electron chi connectivity index (χ3n) is 6.88. The van der Waals surface area contributed by atoms with Crippen molar-refractivity contribution in [3.05, 3.63) is 35.8 Å². The number of alkyl halides is 3. The molecule has 2 aromatic heterocycles. The molecule has 0 aromatic carbocycles. The highest BCUT2D eigenvalue weighted by Crippen LogP contribution is 2.36. The fourth-order valence-electron chi connectivity index (χ4n) is 4.62. The highest BCUT2D eigenvalue weighted by molar-refractivity contribution is 5.87. The van der Waals surface area contributed by atoms with Gasteiger partial charge in [0.25, 0.3) is 0 Å². The highest BCUT2D eigenvalue weighted by atomic mass is 19.4. The van der Waals surface area contributed by atoms with E-state index in [1.54, 1.807) is 0 Å². The second-order valence-corrected chi connectivity index (χ2v) is 10.6. The molecule has 1 saturated heterocycles. The molecule has 1 aliphatic carbocycles. The number of hydrogen-bond acceptors (Lipinski definition) is 10. The van der Waals surface area contributed by atoms with Gasteiger partial charge in [-0.3, -0.25) is 4.79 Å². The monoisotopic (exact) mass is 580 g/mol. The molecule has 41 heavy (non-hydrogen) atoms. The summed E-state index contributed by atoms with van der Waals surface area (Å²) < 4.78 is 45.3. The van der Waals surface area contributed by atoms with Gasteiger partial charge in [0.2, 0.25) is 11.9 Å². The van der Waals surface area contributed by atoms with Crippen LogP contribution in [0.15, 0.2) is 24.5 Å². The molecule has 1 saturated carbocycles. The predicted molar refractivity (Wildman–Crippen MR) is 149 cm³/mol. The third-order valence-corrected chi connectivity index (χ3v) is 6.88. The summed E-state index contributed by atoms with van der Waals surface area (Å²) in [6.45, 7) is 6.01. The van der Waals surface area contributed by atoms with E-state index in [2.05, 4.69) is 47.6 Å². The first-order chi connectivity index (χ1) is 19.4. The maximum atomic E-state index is 13.6. The largest absolute Gasteiger partial charge is 0.464 e. The van der Waals surface area contributed by atoms with Gasteiger partial charge in [-0.05, 0) is 71.8 Å². The summed E-state index contributed by atoms with van der Waals surface area (Å²) in [5.41, 5.74) is 5.08. The summed E-state index contributed by atoms with van der Waals surface area (Å²) in [5, 5.41) is 8.42. The number of likely N-dealkylation sites (tertiary alicyclic amines) is 1. The molecule has 11 nitrogen and oxygen atoms in total. The van der Waals surface area contributed by atoms with Crippen LogP contribution in [0.4, 0.5) is 30.6 Å². The zero-order valence-electron chi connectivity index (χ0n) is 23.8. The number of methoxy groups -OCH3 is 1. The lowest BCUT2D eigenvalue weighted by atomic mass is 10.0. The number of halogens is 3. The minimum Gasteiger partial charge on any atom is -0.464 e. The average molecular weight is 581 g/mol. The van der Waals surface area contributed by atoms with E-state index in [9.17, 15) is 22.8 Å². The molecule has 2 atom stereocenters. The van der Waals surface area contributed by atoms with Crippen LogP contribution in [0.1, 0.15) is 62.0 Å². The van der Waals surface area contributed by atoms with Crippen molar-refractivity contribution in [2.45, 2.75) is 70.3 Å². The molecule has 3 heterocycles. The molecular weight excluding hydrogens is 541 g/mol. The van der Waals surface area contributed by atoms with E-state index in [0.717, 1.165) is 0 Å². The van der Waals surface area contributed by atoms with E-state index in [0.29, 0.717) is 37.2 Å². The van der Waals surface area contributed by atoms with Crippen molar-refractivity contribution in [1.82, 2.24) is 25.2 Å². The molecule has 14 heteroatoms. The van der Waals surface area contributed by atoms with Gasteiger partial charge in [-0.15, -0.1) is 0 Å². The van der Waals surface area contributed by atoms with Gasteiger partial charge >= 0.3 is 12.1 Å². The molecule has 2 aromatic rings. The number of nitrogens with zero attached hydrogens (tertiary/aromatic N) is 4. The van der Waals surface area contributed by atoms with Gasteiger partial charge in [0.05, 0.1) is 24.9 Å². The number of rotatable bonds is 7. The van der Waals surface area contributed by atoms with E-state index >= 15 is 0 Å². The van der Waals surface area contributed by atoms with E-state index in [4.69, 9.17) is 5.73 Å². The molecule has 5 N–H and O–H groups in total. The Bertz CT molecular complexity index is 1150. The summed E-state index contributed by atoms with van der Waals surface area (Å²) in [4.78, 5) is 38.0. The van der Waals surface area contributed by atoms with Gasteiger partial charge in [-0.25, -0.2) is 14.8 Å². The molecule has 0 unspecified atom stereocenters. The van der Waals surface area contributed by atoms with Crippen LogP contribution < -0.4 is 21.7 Å². The Balaban J connectivity index is 0.000000496. The van der Waals surface area contributed by atoms with Gasteiger partial charge < -0.3 is 31.3 Å². The molecule has 0 radical (unpaired) electrons. The number of nitrogens with two attached hydrogens (primary N) is 1. The quantitative estimate of drug-likeness (QED) is 0.358. The molecule has 1 amide bonds. The maximum Gasteiger partial charge on any atom is 0.421 e. The zero-order valence-corrected chi connectivity index (χ0v) is 23.8. The Morgan fingerprint density at radius 3 is 2.37 bits per heavy atom. The topological polar surface area (TPSA) is 147 Å². The van der Waals surface area contributed by atoms with Gasteiger partial charge in [-0.2, -0.15) is 18.2 Å². The normalized spacial score (nSPS) is 19.7. The predicted octanol–water partition coefficient (Wildman–Crippen LogP) is 3.57. The van der Waals surface area contributed by atoms with Gasteiger partial charge in [0.1, 0.15) is 17.1 Å². The molecule has 2 fully saturated rings. The third kappa shape index (κ3) is 9.52. The van der Waals surface area contributed by atoms with E-state index < -0.39 is 35.5 Å². The second-order valence-electron chi connectivity index (χ2n) is 10.6. The Labute approximate surface area is 237 Å². The van der Waals surface area contributed by atoms with Crippen LogP contribution >= 0.6 is 0 Å². The first-order valence-electron chi connectivity index (χ1n) is 13.6. The minimum atomic E-state index is -4.68. The number of ether oxygens (including phenoxy) is 1. The summed E-state index contributed by atoms with van der Waals surface area (Å²) in [7, 11) is 3.37. The molecule has 1 aliphatic heterocycles. The van der Waals surface area contributed by atoms with Crippen molar-refractivity contribution in [3.8, 4) is 0 Å². The van der Waals surface area contributed by atoms with Crippen molar-refractivity contribution in [2.24, 2.45) is 11.7 Å². The van der Waals surface area contributed by atoms with Crippen LogP contribution in [0.2, 0.25) is 0 Å². The number of aromatic nitrogens is 3. The molecular formula is C27H39F3N8O3. The van der Waals surface area contributed by atoms with Crippen LogP contribution in [0.5, 0.6) is 0 Å². The first kappa shape index (κ1) is 32.0. The lowest BCUT2D eigenvalue weighted by molar-refractivity contribution is -0.137. The first-order valence-corrected chi connectivity index (χ1v) is 13.6. The van der Waals surface area contributed by atoms with E-state index in [-0.39, 0.29) is 23.6 Å². The number of carbonyl (C=O) groups excluding carboxylic acids is 2. The Hall–Kier alpha value is -3.52.